The number of hydrogen-bond acceptors (Lipinski definition) is 4. The van der Waals surface area contributed by atoms with Gasteiger partial charge in [-0.15, -0.1) is 0 Å². The van der Waals surface area contributed by atoms with Crippen molar-refractivity contribution < 1.29 is 9.84 Å². The number of aliphatic hydroxyl groups excluding tert-OH is 1. The summed E-state index contributed by atoms with van der Waals surface area (Å²) in [5.74, 6) is 0. The molecule has 0 saturated carbocycles. The fourth-order valence-electron chi connectivity index (χ4n) is 2.62. The van der Waals surface area contributed by atoms with Crippen molar-refractivity contribution >= 4 is 0 Å². The third kappa shape index (κ3) is 3.65. The van der Waals surface area contributed by atoms with Crippen LogP contribution in [0.2, 0.25) is 0 Å². The fourth-order valence-corrected chi connectivity index (χ4v) is 2.62. The van der Waals surface area contributed by atoms with Crippen LogP contribution in [-0.2, 0) is 4.74 Å². The lowest BCUT2D eigenvalue weighted by Crippen LogP contribution is -2.51. The first kappa shape index (κ1) is 14.9. The van der Waals surface area contributed by atoms with Crippen LogP contribution < -0.4 is 5.32 Å². The first-order valence-corrected chi connectivity index (χ1v) is 6.57. The molecule has 0 amide bonds. The molecule has 1 heterocycles. The molecule has 4 atom stereocenters. The van der Waals surface area contributed by atoms with Gasteiger partial charge in [0, 0.05) is 24.2 Å². The van der Waals surface area contributed by atoms with Gasteiger partial charge in [0.25, 0.3) is 0 Å². The second-order valence-corrected chi connectivity index (χ2v) is 5.62. The summed E-state index contributed by atoms with van der Waals surface area (Å²) in [7, 11) is 4.07. The van der Waals surface area contributed by atoms with Crippen molar-refractivity contribution in [3.63, 3.8) is 0 Å². The zero-order valence-electron chi connectivity index (χ0n) is 11.9. The van der Waals surface area contributed by atoms with E-state index in [-0.39, 0.29) is 12.1 Å². The summed E-state index contributed by atoms with van der Waals surface area (Å²) in [6.45, 7) is 7.46. The normalized spacial score (nSPS) is 30.5. The first-order chi connectivity index (χ1) is 7.93. The minimum Gasteiger partial charge on any atom is -0.394 e. The van der Waals surface area contributed by atoms with Crippen LogP contribution in [0.3, 0.4) is 0 Å². The van der Waals surface area contributed by atoms with Crippen LogP contribution in [0.5, 0.6) is 0 Å². The molecule has 0 bridgehead atoms. The van der Waals surface area contributed by atoms with E-state index in [1.807, 2.05) is 7.05 Å². The van der Waals surface area contributed by atoms with Gasteiger partial charge in [-0.1, -0.05) is 0 Å². The van der Waals surface area contributed by atoms with Crippen molar-refractivity contribution in [1.82, 2.24) is 10.2 Å². The topological polar surface area (TPSA) is 44.7 Å². The van der Waals surface area contributed by atoms with E-state index in [2.05, 4.69) is 38.0 Å². The van der Waals surface area contributed by atoms with Crippen molar-refractivity contribution in [2.75, 3.05) is 27.3 Å². The Kier molecular flexibility index (Phi) is 5.38. The Morgan fingerprint density at radius 3 is 2.65 bits per heavy atom. The maximum absolute atomic E-state index is 9.43. The summed E-state index contributed by atoms with van der Waals surface area (Å²) in [5.41, 5.74) is -0.198. The van der Waals surface area contributed by atoms with Gasteiger partial charge in [0.1, 0.15) is 0 Å². The third-order valence-corrected chi connectivity index (χ3v) is 4.25. The van der Waals surface area contributed by atoms with Gasteiger partial charge in [0.05, 0.1) is 12.7 Å². The molecule has 4 nitrogen and oxygen atoms in total. The number of aliphatic hydroxyl groups is 1. The van der Waals surface area contributed by atoms with Crippen LogP contribution in [0.4, 0.5) is 0 Å². The predicted octanol–water partition coefficient (Wildman–Crippen LogP) is 0.845. The molecule has 0 aromatic carbocycles. The highest BCUT2D eigenvalue weighted by molar-refractivity contribution is 4.89. The van der Waals surface area contributed by atoms with E-state index in [9.17, 15) is 5.11 Å². The molecule has 1 aliphatic heterocycles. The molecule has 4 unspecified atom stereocenters. The molecule has 2 N–H and O–H groups in total. The second kappa shape index (κ2) is 6.14. The predicted molar refractivity (Wildman–Crippen MR) is 70.2 cm³/mol. The summed E-state index contributed by atoms with van der Waals surface area (Å²) < 4.78 is 5.61. The van der Waals surface area contributed by atoms with Crippen molar-refractivity contribution in [2.24, 2.45) is 0 Å². The summed E-state index contributed by atoms with van der Waals surface area (Å²) in [6.07, 6.45) is 2.36. The zero-order chi connectivity index (χ0) is 13.1. The molecular formula is C13H28N2O2. The molecule has 0 aromatic heterocycles. The summed E-state index contributed by atoms with van der Waals surface area (Å²) in [6, 6.07) is 0.929. The van der Waals surface area contributed by atoms with Crippen LogP contribution in [-0.4, -0.2) is 61.0 Å². The van der Waals surface area contributed by atoms with Gasteiger partial charge >= 0.3 is 0 Å². The van der Waals surface area contributed by atoms with Crippen molar-refractivity contribution in [2.45, 2.75) is 57.3 Å². The van der Waals surface area contributed by atoms with Gasteiger partial charge in [-0.3, -0.25) is 4.90 Å². The Bertz CT molecular complexity index is 231. The van der Waals surface area contributed by atoms with E-state index in [4.69, 9.17) is 4.74 Å². The molecule has 1 rings (SSSR count). The molecule has 17 heavy (non-hydrogen) atoms. The van der Waals surface area contributed by atoms with Gasteiger partial charge in [0.15, 0.2) is 0 Å². The van der Waals surface area contributed by atoms with Crippen LogP contribution in [0.1, 0.15) is 33.6 Å². The number of nitrogens with one attached hydrogen (secondary N) is 1. The Morgan fingerprint density at radius 1 is 1.59 bits per heavy atom. The maximum atomic E-state index is 9.43. The van der Waals surface area contributed by atoms with Gasteiger partial charge in [-0.25, -0.2) is 0 Å². The first-order valence-electron chi connectivity index (χ1n) is 6.57. The lowest BCUT2D eigenvalue weighted by atomic mass is 9.93. The molecular weight excluding hydrogens is 216 g/mol. The standard InChI is InChI=1S/C13H28N2O2/c1-10(8-13(3,9-16)14-4)15(5)12-6-7-17-11(12)2/h10-12,14,16H,6-9H2,1-5H3. The highest BCUT2D eigenvalue weighted by atomic mass is 16.5. The zero-order valence-corrected chi connectivity index (χ0v) is 11.9. The molecule has 1 aliphatic rings. The molecule has 1 fully saturated rings. The lowest BCUT2D eigenvalue weighted by Gasteiger charge is -2.37. The van der Waals surface area contributed by atoms with Gasteiger partial charge in [-0.2, -0.15) is 0 Å². The van der Waals surface area contributed by atoms with Crippen LogP contribution >= 0.6 is 0 Å². The monoisotopic (exact) mass is 244 g/mol. The van der Waals surface area contributed by atoms with Gasteiger partial charge < -0.3 is 15.2 Å². The van der Waals surface area contributed by atoms with E-state index in [0.717, 1.165) is 19.4 Å². The summed E-state index contributed by atoms with van der Waals surface area (Å²) in [5, 5.41) is 12.6. The number of rotatable bonds is 6. The number of ether oxygens (including phenoxy) is 1. The minimum absolute atomic E-state index is 0.165. The van der Waals surface area contributed by atoms with Crippen molar-refractivity contribution in [3.05, 3.63) is 0 Å². The molecule has 0 aliphatic carbocycles. The van der Waals surface area contributed by atoms with Crippen LogP contribution in [0.15, 0.2) is 0 Å². The molecule has 0 aromatic rings. The van der Waals surface area contributed by atoms with E-state index < -0.39 is 0 Å². The lowest BCUT2D eigenvalue weighted by molar-refractivity contribution is 0.0570. The molecule has 4 heteroatoms. The highest BCUT2D eigenvalue weighted by Crippen LogP contribution is 2.23. The number of nitrogens with zero attached hydrogens (tertiary/aromatic N) is 1. The average molecular weight is 244 g/mol. The molecule has 0 radical (unpaired) electrons. The van der Waals surface area contributed by atoms with E-state index in [1.54, 1.807) is 0 Å². The van der Waals surface area contributed by atoms with Crippen molar-refractivity contribution in [3.8, 4) is 0 Å². The SMILES string of the molecule is CNC(C)(CO)CC(C)N(C)C1CCOC1C. The second-order valence-electron chi connectivity index (χ2n) is 5.62. The third-order valence-electron chi connectivity index (χ3n) is 4.25. The Morgan fingerprint density at radius 2 is 2.24 bits per heavy atom. The Labute approximate surface area is 105 Å². The Hall–Kier alpha value is -0.160. The quantitative estimate of drug-likeness (QED) is 0.727. The largest absolute Gasteiger partial charge is 0.394 e. The van der Waals surface area contributed by atoms with Crippen LogP contribution in [0.25, 0.3) is 0 Å². The number of hydrogen-bond donors (Lipinski definition) is 2. The fraction of sp³-hybridized carbons (Fsp3) is 1.00. The average Bonchev–Trinajstić information content (AvgIpc) is 2.74. The van der Waals surface area contributed by atoms with Gasteiger partial charge in [-0.05, 0) is 47.7 Å². The molecule has 0 spiro atoms. The maximum Gasteiger partial charge on any atom is 0.0703 e. The molecule has 102 valence electrons. The minimum atomic E-state index is -0.198. The Balaban J connectivity index is 2.54. The molecule has 1 saturated heterocycles. The smallest absolute Gasteiger partial charge is 0.0703 e. The number of likely N-dealkylation sites (N-methyl/N-ethyl adjacent to an activating group) is 2. The van der Waals surface area contributed by atoms with E-state index in [0.29, 0.717) is 18.2 Å². The van der Waals surface area contributed by atoms with Gasteiger partial charge in [0.2, 0.25) is 0 Å². The van der Waals surface area contributed by atoms with E-state index >= 15 is 0 Å². The van der Waals surface area contributed by atoms with Crippen molar-refractivity contribution in [1.29, 1.82) is 0 Å². The van der Waals surface area contributed by atoms with Crippen LogP contribution in [0, 0.1) is 0 Å². The van der Waals surface area contributed by atoms with E-state index in [1.165, 1.54) is 0 Å². The highest BCUT2D eigenvalue weighted by Gasteiger charge is 2.33. The summed E-state index contributed by atoms with van der Waals surface area (Å²) in [4.78, 5) is 2.39. The summed E-state index contributed by atoms with van der Waals surface area (Å²) >= 11 is 0.